The third kappa shape index (κ3) is 2.10. The Labute approximate surface area is 78.4 Å². The smallest absolute Gasteiger partial charge is 0.0950 e. The summed E-state index contributed by atoms with van der Waals surface area (Å²) in [6, 6.07) is 0.700. The zero-order chi connectivity index (χ0) is 9.26. The second-order valence-corrected chi connectivity index (χ2v) is 3.91. The lowest BCUT2D eigenvalue weighted by molar-refractivity contribution is 0.184. The molecule has 0 radical (unpaired) electrons. The van der Waals surface area contributed by atoms with Crippen molar-refractivity contribution >= 4 is 0 Å². The topological polar surface area (TPSA) is 38.1 Å². The molecular formula is C10H16N2O. The number of aromatic nitrogens is 2. The quantitative estimate of drug-likeness (QED) is 0.763. The van der Waals surface area contributed by atoms with E-state index in [4.69, 9.17) is 5.11 Å². The van der Waals surface area contributed by atoms with Crippen molar-refractivity contribution in [1.82, 2.24) is 9.55 Å². The zero-order valence-electron chi connectivity index (χ0n) is 7.98. The van der Waals surface area contributed by atoms with Gasteiger partial charge in [-0.15, -0.1) is 0 Å². The average molecular weight is 180 g/mol. The maximum Gasteiger partial charge on any atom is 0.0950 e. The molecule has 72 valence electrons. The number of imidazole rings is 1. The molecule has 0 aliphatic heterocycles. The molecule has 1 aliphatic carbocycles. The molecule has 0 spiro atoms. The molecule has 3 nitrogen and oxygen atoms in total. The molecule has 0 amide bonds. The van der Waals surface area contributed by atoms with E-state index in [2.05, 4.69) is 9.55 Å². The Morgan fingerprint density at radius 1 is 1.69 bits per heavy atom. The van der Waals surface area contributed by atoms with Gasteiger partial charge in [0, 0.05) is 17.9 Å². The summed E-state index contributed by atoms with van der Waals surface area (Å²) < 4.78 is 2.25. The number of aryl methyl sites for hydroxylation is 1. The van der Waals surface area contributed by atoms with Gasteiger partial charge >= 0.3 is 0 Å². The van der Waals surface area contributed by atoms with E-state index in [1.54, 1.807) is 0 Å². The highest BCUT2D eigenvalue weighted by Gasteiger charge is 2.24. The zero-order valence-corrected chi connectivity index (χ0v) is 7.98. The van der Waals surface area contributed by atoms with Gasteiger partial charge in [-0.1, -0.05) is 0 Å². The van der Waals surface area contributed by atoms with Gasteiger partial charge in [0.1, 0.15) is 0 Å². The molecule has 1 N–H and O–H groups in total. The summed E-state index contributed by atoms with van der Waals surface area (Å²) in [5, 5.41) is 9.17. The summed E-state index contributed by atoms with van der Waals surface area (Å²) >= 11 is 0. The third-order valence-corrected chi connectivity index (χ3v) is 2.50. The molecule has 13 heavy (non-hydrogen) atoms. The van der Waals surface area contributed by atoms with Crippen LogP contribution in [0, 0.1) is 0 Å². The van der Waals surface area contributed by atoms with Gasteiger partial charge in [0.25, 0.3) is 0 Å². The minimum absolute atomic E-state index is 0.206. The largest absolute Gasteiger partial charge is 0.393 e. The van der Waals surface area contributed by atoms with Gasteiger partial charge in [-0.3, -0.25) is 0 Å². The molecule has 0 aromatic carbocycles. The molecule has 1 aromatic rings. The predicted octanol–water partition coefficient (Wildman–Crippen LogP) is 1.53. The van der Waals surface area contributed by atoms with Crippen LogP contribution in [0.5, 0.6) is 0 Å². The van der Waals surface area contributed by atoms with Crippen LogP contribution in [0.3, 0.4) is 0 Å². The summed E-state index contributed by atoms with van der Waals surface area (Å²) in [6.45, 7) is 1.83. The highest BCUT2D eigenvalue weighted by atomic mass is 16.3. The second-order valence-electron chi connectivity index (χ2n) is 3.91. The van der Waals surface area contributed by atoms with E-state index >= 15 is 0 Å². The van der Waals surface area contributed by atoms with Gasteiger partial charge < -0.3 is 9.67 Å². The van der Waals surface area contributed by atoms with Crippen LogP contribution in [0.15, 0.2) is 12.5 Å². The average Bonchev–Trinajstić information content (AvgIpc) is 2.82. The van der Waals surface area contributed by atoms with E-state index in [1.165, 1.54) is 18.5 Å². The summed E-state index contributed by atoms with van der Waals surface area (Å²) in [5.74, 6) is 0. The molecule has 1 unspecified atom stereocenters. The van der Waals surface area contributed by atoms with Crippen molar-refractivity contribution in [3.8, 4) is 0 Å². The fraction of sp³-hybridized carbons (Fsp3) is 0.700. The van der Waals surface area contributed by atoms with Crippen molar-refractivity contribution < 1.29 is 5.11 Å². The Kier molecular flexibility index (Phi) is 2.36. The minimum Gasteiger partial charge on any atom is -0.393 e. The first kappa shape index (κ1) is 8.75. The van der Waals surface area contributed by atoms with Crippen molar-refractivity contribution in [2.75, 3.05) is 0 Å². The Morgan fingerprint density at radius 3 is 3.08 bits per heavy atom. The first-order valence-electron chi connectivity index (χ1n) is 4.96. The van der Waals surface area contributed by atoms with Gasteiger partial charge in [0.15, 0.2) is 0 Å². The van der Waals surface area contributed by atoms with Crippen LogP contribution in [0.25, 0.3) is 0 Å². The van der Waals surface area contributed by atoms with E-state index in [9.17, 15) is 0 Å². The Bertz CT molecular complexity index is 276. The van der Waals surface area contributed by atoms with Crippen molar-refractivity contribution in [3.05, 3.63) is 18.2 Å². The SMILES string of the molecule is CC(O)CCc1cncn1C1CC1. The van der Waals surface area contributed by atoms with Gasteiger partial charge in [-0.05, 0) is 32.6 Å². The normalized spacial score (nSPS) is 18.9. The first-order valence-corrected chi connectivity index (χ1v) is 4.96. The molecule has 3 heteroatoms. The lowest BCUT2D eigenvalue weighted by atomic mass is 10.2. The molecule has 0 saturated heterocycles. The molecule has 0 bridgehead atoms. The van der Waals surface area contributed by atoms with Crippen molar-refractivity contribution in [1.29, 1.82) is 0 Å². The number of hydrogen-bond acceptors (Lipinski definition) is 2. The minimum atomic E-state index is -0.206. The molecule has 2 rings (SSSR count). The standard InChI is InChI=1S/C10H16N2O/c1-8(13)2-3-10-6-11-7-12(10)9-4-5-9/h6-9,13H,2-5H2,1H3. The van der Waals surface area contributed by atoms with Crippen LogP contribution in [-0.2, 0) is 6.42 Å². The lowest BCUT2D eigenvalue weighted by Gasteiger charge is -2.07. The maximum atomic E-state index is 9.17. The summed E-state index contributed by atoms with van der Waals surface area (Å²) in [6.07, 6.45) is 7.97. The third-order valence-electron chi connectivity index (χ3n) is 2.50. The summed E-state index contributed by atoms with van der Waals surface area (Å²) in [4.78, 5) is 4.14. The number of rotatable bonds is 4. The van der Waals surface area contributed by atoms with E-state index in [0.717, 1.165) is 12.8 Å². The molecule has 1 atom stereocenters. The molecule has 1 aliphatic rings. The van der Waals surface area contributed by atoms with E-state index in [1.807, 2.05) is 19.4 Å². The fourth-order valence-corrected chi connectivity index (χ4v) is 1.56. The van der Waals surface area contributed by atoms with Crippen molar-refractivity contribution in [2.45, 2.75) is 44.8 Å². The maximum absolute atomic E-state index is 9.17. The van der Waals surface area contributed by atoms with Gasteiger partial charge in [0.2, 0.25) is 0 Å². The van der Waals surface area contributed by atoms with E-state index in [0.29, 0.717) is 6.04 Å². The summed E-state index contributed by atoms with van der Waals surface area (Å²) in [5.41, 5.74) is 1.27. The molecule has 1 aromatic heterocycles. The summed E-state index contributed by atoms with van der Waals surface area (Å²) in [7, 11) is 0. The highest BCUT2D eigenvalue weighted by molar-refractivity contribution is 5.03. The van der Waals surface area contributed by atoms with Crippen LogP contribution < -0.4 is 0 Å². The van der Waals surface area contributed by atoms with Crippen LogP contribution in [0.2, 0.25) is 0 Å². The van der Waals surface area contributed by atoms with Crippen LogP contribution >= 0.6 is 0 Å². The van der Waals surface area contributed by atoms with E-state index in [-0.39, 0.29) is 6.10 Å². The number of aliphatic hydroxyl groups excluding tert-OH is 1. The number of nitrogens with zero attached hydrogens (tertiary/aromatic N) is 2. The molecule has 1 heterocycles. The number of aliphatic hydroxyl groups is 1. The Hall–Kier alpha value is -0.830. The Balaban J connectivity index is 1.98. The monoisotopic (exact) mass is 180 g/mol. The van der Waals surface area contributed by atoms with Crippen molar-refractivity contribution in [3.63, 3.8) is 0 Å². The molecule has 1 saturated carbocycles. The second kappa shape index (κ2) is 3.50. The Morgan fingerprint density at radius 2 is 2.46 bits per heavy atom. The van der Waals surface area contributed by atoms with Crippen LogP contribution in [-0.4, -0.2) is 20.8 Å². The lowest BCUT2D eigenvalue weighted by Crippen LogP contribution is -2.05. The molecule has 1 fully saturated rings. The molecular weight excluding hydrogens is 164 g/mol. The first-order chi connectivity index (χ1) is 6.27. The van der Waals surface area contributed by atoms with Crippen LogP contribution in [0.4, 0.5) is 0 Å². The van der Waals surface area contributed by atoms with Gasteiger partial charge in [0.05, 0.1) is 12.4 Å². The van der Waals surface area contributed by atoms with E-state index < -0.39 is 0 Å². The van der Waals surface area contributed by atoms with Gasteiger partial charge in [-0.25, -0.2) is 4.98 Å². The van der Waals surface area contributed by atoms with Crippen LogP contribution in [0.1, 0.15) is 37.9 Å². The number of hydrogen-bond donors (Lipinski definition) is 1. The fourth-order valence-electron chi connectivity index (χ4n) is 1.56. The van der Waals surface area contributed by atoms with Crippen molar-refractivity contribution in [2.24, 2.45) is 0 Å². The predicted molar refractivity (Wildman–Crippen MR) is 50.5 cm³/mol. The highest BCUT2D eigenvalue weighted by Crippen LogP contribution is 2.35. The van der Waals surface area contributed by atoms with Gasteiger partial charge in [-0.2, -0.15) is 0 Å².